The number of carbonyl (C=O) groups excluding carboxylic acids is 2. The molecule has 0 bridgehead atoms. The fraction of sp³-hybridized carbons (Fsp3) is 0.417. The predicted octanol–water partition coefficient (Wildman–Crippen LogP) is 3.05. The van der Waals surface area contributed by atoms with Gasteiger partial charge in [-0.05, 0) is 62.3 Å². The van der Waals surface area contributed by atoms with E-state index in [1.165, 1.54) is 31.3 Å². The molecule has 10 nitrogen and oxygen atoms in total. The largest absolute Gasteiger partial charge is 0.451 e. The van der Waals surface area contributed by atoms with Crippen molar-refractivity contribution in [3.8, 4) is 11.5 Å². The molecule has 0 aromatic heterocycles. The molecule has 2 N–H and O–H groups in total. The monoisotopic (exact) mass is 574 g/mol. The molecule has 1 aliphatic heterocycles. The van der Waals surface area contributed by atoms with Crippen LogP contribution in [0.2, 0.25) is 5.02 Å². The molecular weight excluding hydrogens is 546 g/mol. The first kappa shape index (κ1) is 29.6. The normalized spacial score (nSPS) is 14.0. The Labute approximate surface area is 224 Å². The number of sulfonamides is 1. The highest BCUT2D eigenvalue weighted by atomic mass is 35.5. The maximum Gasteiger partial charge on any atom is 0.409 e. The number of benzene rings is 2. The second kappa shape index (κ2) is 13.2. The van der Waals surface area contributed by atoms with Crippen LogP contribution in [-0.4, -0.2) is 87.4 Å². The molecule has 3 rings (SSSR count). The highest BCUT2D eigenvalue weighted by Crippen LogP contribution is 2.31. The van der Waals surface area contributed by atoms with E-state index in [0.29, 0.717) is 28.0 Å². The van der Waals surface area contributed by atoms with Crippen molar-refractivity contribution in [1.82, 2.24) is 14.1 Å². The van der Waals surface area contributed by atoms with E-state index >= 15 is 0 Å². The smallest absolute Gasteiger partial charge is 0.409 e. The Morgan fingerprint density at radius 3 is 2.26 bits per heavy atom. The summed E-state index contributed by atoms with van der Waals surface area (Å²) in [4.78, 5) is 26.4. The first-order valence-electron chi connectivity index (χ1n) is 11.8. The summed E-state index contributed by atoms with van der Waals surface area (Å²) in [5, 5.41) is 0.385. The highest BCUT2D eigenvalue weighted by Gasteiger charge is 2.29. The van der Waals surface area contributed by atoms with E-state index in [4.69, 9.17) is 26.8 Å². The van der Waals surface area contributed by atoms with Crippen LogP contribution >= 0.6 is 11.6 Å². The molecule has 2 amide bonds. The van der Waals surface area contributed by atoms with Crippen LogP contribution in [0.5, 0.6) is 11.5 Å². The Bertz CT molecular complexity index is 1220. The minimum absolute atomic E-state index is 0.0773. The average molecular weight is 575 g/mol. The van der Waals surface area contributed by atoms with Crippen molar-refractivity contribution < 1.29 is 36.3 Å². The maximum absolute atomic E-state index is 14.7. The van der Waals surface area contributed by atoms with Gasteiger partial charge in [0, 0.05) is 31.7 Å². The molecule has 2 aromatic carbocycles. The van der Waals surface area contributed by atoms with E-state index in [-0.39, 0.29) is 25.4 Å². The average Bonchev–Trinajstić information content (AvgIpc) is 3.38. The van der Waals surface area contributed by atoms with Gasteiger partial charge in [0.15, 0.2) is 17.4 Å². The van der Waals surface area contributed by atoms with Crippen molar-refractivity contribution in [3.63, 3.8) is 0 Å². The van der Waals surface area contributed by atoms with Gasteiger partial charge in [0.1, 0.15) is 12.4 Å². The van der Waals surface area contributed by atoms with Crippen LogP contribution in [0, 0.1) is 11.6 Å². The minimum atomic E-state index is -4.59. The van der Waals surface area contributed by atoms with Crippen molar-refractivity contribution in [2.45, 2.75) is 17.7 Å². The molecule has 1 aliphatic rings. The summed E-state index contributed by atoms with van der Waals surface area (Å²) in [5.74, 6) is -4.29. The molecule has 0 aliphatic carbocycles. The highest BCUT2D eigenvalue weighted by molar-refractivity contribution is 7.89. The third-order valence-electron chi connectivity index (χ3n) is 5.80. The van der Waals surface area contributed by atoms with Gasteiger partial charge in [-0.3, -0.25) is 9.69 Å². The van der Waals surface area contributed by atoms with Gasteiger partial charge < -0.3 is 20.1 Å². The molecule has 14 heteroatoms. The van der Waals surface area contributed by atoms with E-state index < -0.39 is 50.8 Å². The summed E-state index contributed by atoms with van der Waals surface area (Å²) in [5.41, 5.74) is 5.21. The molecule has 0 unspecified atom stereocenters. The quantitative estimate of drug-likeness (QED) is 0.413. The minimum Gasteiger partial charge on any atom is -0.451 e. The standard InChI is InChI=1S/C24H29ClF2N4O6S/c1-29(24(33)36-13-12-30-8-2-3-9-30)10-11-31(16-22(28)32)38(34,35)19-14-20(26)23(21(27)15-19)37-18-6-4-17(25)5-7-18/h4-7,14-15H,2-3,8-13,16H2,1H3,(H2,28,32). The van der Waals surface area contributed by atoms with Crippen LogP contribution in [0.25, 0.3) is 0 Å². The maximum atomic E-state index is 14.7. The van der Waals surface area contributed by atoms with E-state index in [1.54, 1.807) is 0 Å². The van der Waals surface area contributed by atoms with Crippen molar-refractivity contribution in [2.75, 3.05) is 52.9 Å². The summed E-state index contributed by atoms with van der Waals surface area (Å²) in [6, 6.07) is 6.83. The van der Waals surface area contributed by atoms with E-state index in [0.717, 1.165) is 30.8 Å². The van der Waals surface area contributed by atoms with Gasteiger partial charge in [0.25, 0.3) is 0 Å². The number of likely N-dealkylation sites (N-methyl/N-ethyl adjacent to an activating group) is 1. The third kappa shape index (κ3) is 8.00. The van der Waals surface area contributed by atoms with Gasteiger partial charge >= 0.3 is 6.09 Å². The number of carbonyl (C=O) groups is 2. The van der Waals surface area contributed by atoms with Crippen molar-refractivity contribution >= 4 is 33.6 Å². The lowest BCUT2D eigenvalue weighted by molar-refractivity contribution is -0.118. The van der Waals surface area contributed by atoms with Gasteiger partial charge in [-0.25, -0.2) is 22.0 Å². The molecule has 38 heavy (non-hydrogen) atoms. The van der Waals surface area contributed by atoms with Crippen LogP contribution < -0.4 is 10.5 Å². The number of rotatable bonds is 12. The Balaban J connectivity index is 1.68. The van der Waals surface area contributed by atoms with E-state index in [9.17, 15) is 26.8 Å². The SMILES string of the molecule is CN(CCN(CC(N)=O)S(=O)(=O)c1cc(F)c(Oc2ccc(Cl)cc2)c(F)c1)C(=O)OCCN1CCCC1. The zero-order valence-electron chi connectivity index (χ0n) is 20.7. The van der Waals surface area contributed by atoms with Crippen LogP contribution in [0.4, 0.5) is 13.6 Å². The second-order valence-corrected chi connectivity index (χ2v) is 11.0. The van der Waals surface area contributed by atoms with Crippen LogP contribution in [0.1, 0.15) is 12.8 Å². The molecule has 0 saturated carbocycles. The number of hydrogen-bond acceptors (Lipinski definition) is 7. The van der Waals surface area contributed by atoms with Crippen LogP contribution in [-0.2, 0) is 19.6 Å². The van der Waals surface area contributed by atoms with Gasteiger partial charge in [-0.1, -0.05) is 11.6 Å². The number of ether oxygens (including phenoxy) is 2. The molecule has 2 aromatic rings. The number of nitrogens with two attached hydrogens (primary N) is 1. The number of amides is 2. The van der Waals surface area contributed by atoms with Crippen LogP contribution in [0.3, 0.4) is 0 Å². The fourth-order valence-corrected chi connectivity index (χ4v) is 5.29. The van der Waals surface area contributed by atoms with Gasteiger partial charge in [-0.15, -0.1) is 0 Å². The number of halogens is 3. The summed E-state index contributed by atoms with van der Waals surface area (Å²) in [6.07, 6.45) is 1.52. The van der Waals surface area contributed by atoms with Crippen molar-refractivity contribution in [2.24, 2.45) is 5.73 Å². The lowest BCUT2D eigenvalue weighted by Crippen LogP contribution is -2.43. The summed E-state index contributed by atoms with van der Waals surface area (Å²) >= 11 is 5.78. The Morgan fingerprint density at radius 2 is 1.68 bits per heavy atom. The molecule has 0 atom stereocenters. The summed E-state index contributed by atoms with van der Waals surface area (Å²) in [6.45, 7) is 1.34. The molecule has 208 valence electrons. The van der Waals surface area contributed by atoms with Gasteiger partial charge in [-0.2, -0.15) is 4.31 Å². The molecule has 1 heterocycles. The zero-order chi connectivity index (χ0) is 27.9. The summed E-state index contributed by atoms with van der Waals surface area (Å²) < 4.78 is 66.9. The van der Waals surface area contributed by atoms with Crippen LogP contribution in [0.15, 0.2) is 41.3 Å². The molecule has 0 spiro atoms. The zero-order valence-corrected chi connectivity index (χ0v) is 22.3. The lowest BCUT2D eigenvalue weighted by Gasteiger charge is -2.24. The number of primary amides is 1. The molecule has 0 radical (unpaired) electrons. The topological polar surface area (TPSA) is 122 Å². The van der Waals surface area contributed by atoms with Crippen molar-refractivity contribution in [3.05, 3.63) is 53.1 Å². The molecule has 1 saturated heterocycles. The molecule has 1 fully saturated rings. The Morgan fingerprint density at radius 1 is 1.08 bits per heavy atom. The van der Waals surface area contributed by atoms with Gasteiger partial charge in [0.2, 0.25) is 15.9 Å². The first-order valence-corrected chi connectivity index (χ1v) is 13.6. The predicted molar refractivity (Wildman–Crippen MR) is 135 cm³/mol. The third-order valence-corrected chi connectivity index (χ3v) is 7.88. The number of nitrogens with zero attached hydrogens (tertiary/aromatic N) is 3. The molecular formula is C24H29ClF2N4O6S. The Hall–Kier alpha value is -3.00. The van der Waals surface area contributed by atoms with E-state index in [1.807, 2.05) is 0 Å². The lowest BCUT2D eigenvalue weighted by atomic mass is 10.3. The van der Waals surface area contributed by atoms with Crippen molar-refractivity contribution in [1.29, 1.82) is 0 Å². The van der Waals surface area contributed by atoms with E-state index in [2.05, 4.69) is 4.90 Å². The Kier molecular flexibility index (Phi) is 10.3. The number of likely N-dealkylation sites (tertiary alicyclic amines) is 1. The number of hydrogen-bond donors (Lipinski definition) is 1. The summed E-state index contributed by atoms with van der Waals surface area (Å²) in [7, 11) is -3.19. The fourth-order valence-electron chi connectivity index (χ4n) is 3.74. The second-order valence-electron chi connectivity index (χ2n) is 8.66. The van der Waals surface area contributed by atoms with Gasteiger partial charge in [0.05, 0.1) is 11.4 Å². The first-order chi connectivity index (χ1) is 18.0.